The fourth-order valence-corrected chi connectivity index (χ4v) is 6.42. The number of nitrogens with two attached hydrogens (primary N) is 1. The van der Waals surface area contributed by atoms with Crippen molar-refractivity contribution < 1.29 is 42.6 Å². The Morgan fingerprint density at radius 2 is 1.77 bits per heavy atom. The van der Waals surface area contributed by atoms with Crippen LogP contribution < -0.4 is 11.1 Å². The van der Waals surface area contributed by atoms with E-state index in [4.69, 9.17) is 19.9 Å². The number of benzene rings is 1. The molecule has 0 unspecified atom stereocenters. The van der Waals surface area contributed by atoms with Crippen LogP contribution in [0.3, 0.4) is 0 Å². The molecule has 1 aromatic rings. The van der Waals surface area contributed by atoms with Crippen molar-refractivity contribution in [3.05, 3.63) is 35.1 Å². The molecule has 1 saturated carbocycles. The summed E-state index contributed by atoms with van der Waals surface area (Å²) in [6.07, 6.45) is 4.36. The van der Waals surface area contributed by atoms with E-state index in [1.807, 2.05) is 6.92 Å². The zero-order valence-electron chi connectivity index (χ0n) is 27.9. The Morgan fingerprint density at radius 1 is 1.04 bits per heavy atom. The largest absolute Gasteiger partial charge is 0.466 e. The van der Waals surface area contributed by atoms with Crippen LogP contribution in [0.2, 0.25) is 0 Å². The number of hydrogen-bond donors (Lipinski definition) is 2. The predicted molar refractivity (Wildman–Crippen MR) is 169 cm³/mol. The van der Waals surface area contributed by atoms with E-state index in [9.17, 15) is 28.4 Å². The number of primary amides is 1. The van der Waals surface area contributed by atoms with Gasteiger partial charge in [0.05, 0.1) is 25.6 Å². The molecule has 1 aliphatic carbocycles. The lowest BCUT2D eigenvalue weighted by atomic mass is 10.0. The average molecular weight is 661 g/mol. The molecule has 260 valence electrons. The number of carbonyl (C=O) groups excluding carboxylic acids is 5. The second kappa shape index (κ2) is 15.8. The standard InChI is InChI=1S/C34H49FN4O8/c1-5-45-31(42)24-16-21(24)12-9-7-6-8-10-15-27(37-32(43)47-34(2,3)4)30(41)39-19-23(17-28(39)29(36)40)46-33(44)38-18-22-13-11-14-26(35)25(22)20-38/h11,13-14,21,23-24,27-28H,5-10,12,15-20H2,1-4H3,(H2,36,40)(H,37,43)/t21-,23-,24+,27+,28+/m1/s1. The zero-order valence-corrected chi connectivity index (χ0v) is 27.9. The van der Waals surface area contributed by atoms with Gasteiger partial charge in [-0.1, -0.05) is 44.2 Å². The molecule has 2 heterocycles. The van der Waals surface area contributed by atoms with Gasteiger partial charge in [0.15, 0.2) is 0 Å². The zero-order chi connectivity index (χ0) is 34.3. The minimum Gasteiger partial charge on any atom is -0.466 e. The van der Waals surface area contributed by atoms with Crippen molar-refractivity contribution in [1.82, 2.24) is 15.1 Å². The van der Waals surface area contributed by atoms with Crippen molar-refractivity contribution in [2.45, 2.75) is 122 Å². The van der Waals surface area contributed by atoms with Crippen molar-refractivity contribution in [3.63, 3.8) is 0 Å². The number of unbranched alkanes of at least 4 members (excludes halogenated alkanes) is 4. The third kappa shape index (κ3) is 10.0. The molecule has 0 bridgehead atoms. The Hall–Kier alpha value is -3.90. The Labute approximate surface area is 275 Å². The molecule has 5 atom stereocenters. The highest BCUT2D eigenvalue weighted by atomic mass is 19.1. The summed E-state index contributed by atoms with van der Waals surface area (Å²) in [7, 11) is 0. The van der Waals surface area contributed by atoms with E-state index in [-0.39, 0.29) is 37.9 Å². The highest BCUT2D eigenvalue weighted by Gasteiger charge is 2.44. The first-order chi connectivity index (χ1) is 22.3. The van der Waals surface area contributed by atoms with Crippen LogP contribution in [-0.2, 0) is 41.7 Å². The first-order valence-electron chi connectivity index (χ1n) is 16.7. The number of ether oxygens (including phenoxy) is 3. The summed E-state index contributed by atoms with van der Waals surface area (Å²) in [5, 5.41) is 2.68. The van der Waals surface area contributed by atoms with Gasteiger partial charge in [-0.3, -0.25) is 19.3 Å². The predicted octanol–water partition coefficient (Wildman–Crippen LogP) is 4.56. The maximum absolute atomic E-state index is 14.2. The molecule has 3 N–H and O–H groups in total. The molecular formula is C34H49FN4O8. The second-order valence-electron chi connectivity index (χ2n) is 13.8. The van der Waals surface area contributed by atoms with Crippen LogP contribution >= 0.6 is 0 Å². The van der Waals surface area contributed by atoms with E-state index in [1.165, 1.54) is 15.9 Å². The fraction of sp³-hybridized carbons (Fsp3) is 0.676. The van der Waals surface area contributed by atoms with Crippen molar-refractivity contribution >= 4 is 30.0 Å². The van der Waals surface area contributed by atoms with Crippen molar-refractivity contribution in [2.75, 3.05) is 13.2 Å². The average Bonchev–Trinajstić information content (AvgIpc) is 3.41. The van der Waals surface area contributed by atoms with Gasteiger partial charge in [0.25, 0.3) is 0 Å². The number of fused-ring (bicyclic) bond motifs is 1. The topological polar surface area (TPSA) is 158 Å². The lowest BCUT2D eigenvalue weighted by Gasteiger charge is -2.28. The minimum atomic E-state index is -1.03. The Bertz CT molecular complexity index is 1320. The summed E-state index contributed by atoms with van der Waals surface area (Å²) in [6, 6.07) is 2.67. The number of carbonyl (C=O) groups is 5. The highest BCUT2D eigenvalue weighted by molar-refractivity contribution is 5.91. The summed E-state index contributed by atoms with van der Waals surface area (Å²) in [5.41, 5.74) is 6.02. The molecule has 4 rings (SSSR count). The third-order valence-corrected chi connectivity index (χ3v) is 8.89. The van der Waals surface area contributed by atoms with Gasteiger partial charge in [-0.05, 0) is 64.5 Å². The molecular weight excluding hydrogens is 611 g/mol. The number of halogens is 1. The fourth-order valence-electron chi connectivity index (χ4n) is 6.42. The normalized spacial score (nSPS) is 22.3. The number of esters is 1. The lowest BCUT2D eigenvalue weighted by Crippen LogP contribution is -2.53. The maximum atomic E-state index is 14.2. The summed E-state index contributed by atoms with van der Waals surface area (Å²) >= 11 is 0. The molecule has 3 aliphatic rings. The van der Waals surface area contributed by atoms with E-state index in [1.54, 1.807) is 32.9 Å². The summed E-state index contributed by atoms with van der Waals surface area (Å²) < 4.78 is 30.4. The molecule has 12 nitrogen and oxygen atoms in total. The molecule has 2 fully saturated rings. The van der Waals surface area contributed by atoms with Crippen LogP contribution in [0.4, 0.5) is 14.0 Å². The quantitative estimate of drug-likeness (QED) is 0.167. The van der Waals surface area contributed by atoms with Crippen LogP contribution in [-0.4, -0.2) is 76.7 Å². The van der Waals surface area contributed by atoms with E-state index >= 15 is 0 Å². The Balaban J connectivity index is 1.30. The van der Waals surface area contributed by atoms with E-state index in [0.717, 1.165) is 38.5 Å². The van der Waals surface area contributed by atoms with Crippen molar-refractivity contribution in [2.24, 2.45) is 17.6 Å². The molecule has 1 aromatic carbocycles. The van der Waals surface area contributed by atoms with Crippen LogP contribution in [0.5, 0.6) is 0 Å². The van der Waals surface area contributed by atoms with Gasteiger partial charge in [0.1, 0.15) is 29.6 Å². The number of alkyl carbamates (subject to hydrolysis) is 1. The number of hydrogen-bond acceptors (Lipinski definition) is 8. The van der Waals surface area contributed by atoms with Crippen LogP contribution in [0.25, 0.3) is 0 Å². The SMILES string of the molecule is CCOC(=O)[C@H]1C[C@H]1CCCCCCC[C@H](NC(=O)OC(C)(C)C)C(=O)N1C[C@H](OC(=O)N2Cc3cccc(F)c3C2)C[C@H]1C(N)=O. The van der Waals surface area contributed by atoms with Crippen molar-refractivity contribution in [1.29, 1.82) is 0 Å². The van der Waals surface area contributed by atoms with Gasteiger partial charge in [0.2, 0.25) is 11.8 Å². The van der Waals surface area contributed by atoms with E-state index < -0.39 is 53.6 Å². The number of likely N-dealkylation sites (tertiary alicyclic amines) is 1. The Kier molecular flexibility index (Phi) is 12.1. The van der Waals surface area contributed by atoms with Crippen LogP contribution in [0.15, 0.2) is 18.2 Å². The van der Waals surface area contributed by atoms with Gasteiger partial charge in [-0.15, -0.1) is 0 Å². The smallest absolute Gasteiger partial charge is 0.410 e. The lowest BCUT2D eigenvalue weighted by molar-refractivity contribution is -0.145. The van der Waals surface area contributed by atoms with E-state index in [0.29, 0.717) is 36.5 Å². The first kappa shape index (κ1) is 35.9. The molecule has 4 amide bonds. The van der Waals surface area contributed by atoms with E-state index in [2.05, 4.69) is 5.32 Å². The number of rotatable bonds is 14. The molecule has 1 saturated heterocycles. The number of amides is 4. The number of nitrogens with one attached hydrogen (secondary N) is 1. The summed E-state index contributed by atoms with van der Waals surface area (Å²) in [6.45, 7) is 7.55. The van der Waals surface area contributed by atoms with Crippen LogP contribution in [0.1, 0.15) is 96.6 Å². The first-order valence-corrected chi connectivity index (χ1v) is 16.7. The van der Waals surface area contributed by atoms with Crippen molar-refractivity contribution in [3.8, 4) is 0 Å². The summed E-state index contributed by atoms with van der Waals surface area (Å²) in [5.74, 6) is -1.29. The van der Waals surface area contributed by atoms with Gasteiger partial charge in [-0.2, -0.15) is 0 Å². The highest BCUT2D eigenvalue weighted by Crippen LogP contribution is 2.43. The van der Waals surface area contributed by atoms with Gasteiger partial charge in [-0.25, -0.2) is 14.0 Å². The molecule has 0 aromatic heterocycles. The van der Waals surface area contributed by atoms with Gasteiger partial charge in [0, 0.05) is 18.5 Å². The minimum absolute atomic E-state index is 0.0130. The third-order valence-electron chi connectivity index (χ3n) is 8.89. The molecule has 0 spiro atoms. The maximum Gasteiger partial charge on any atom is 0.410 e. The monoisotopic (exact) mass is 660 g/mol. The molecule has 13 heteroatoms. The van der Waals surface area contributed by atoms with Crippen LogP contribution in [0, 0.1) is 17.7 Å². The number of nitrogens with zero attached hydrogens (tertiary/aromatic N) is 2. The van der Waals surface area contributed by atoms with Gasteiger partial charge >= 0.3 is 18.2 Å². The molecule has 2 aliphatic heterocycles. The molecule has 0 radical (unpaired) electrons. The molecule has 47 heavy (non-hydrogen) atoms. The Morgan fingerprint density at radius 3 is 2.45 bits per heavy atom. The summed E-state index contributed by atoms with van der Waals surface area (Å²) in [4.78, 5) is 66.4. The second-order valence-corrected chi connectivity index (χ2v) is 13.8. The van der Waals surface area contributed by atoms with Gasteiger partial charge < -0.3 is 30.2 Å².